The van der Waals surface area contributed by atoms with E-state index in [0.29, 0.717) is 17.9 Å². The summed E-state index contributed by atoms with van der Waals surface area (Å²) >= 11 is 0. The Labute approximate surface area is 122 Å². The third kappa shape index (κ3) is 2.50. The van der Waals surface area contributed by atoms with E-state index in [1.807, 2.05) is 18.2 Å². The van der Waals surface area contributed by atoms with Crippen LogP contribution in [0.2, 0.25) is 0 Å². The molecule has 0 amide bonds. The highest BCUT2D eigenvalue weighted by Crippen LogP contribution is 2.37. The molecule has 21 heavy (non-hydrogen) atoms. The van der Waals surface area contributed by atoms with Gasteiger partial charge in [-0.1, -0.05) is 0 Å². The second-order valence-electron chi connectivity index (χ2n) is 4.63. The first-order chi connectivity index (χ1) is 10.2. The number of esters is 1. The highest BCUT2D eigenvalue weighted by Gasteiger charge is 2.17. The number of carbonyl (C=O) groups excluding carboxylic acids is 1. The van der Waals surface area contributed by atoms with Crippen LogP contribution in [0, 0.1) is 0 Å². The third-order valence-electron chi connectivity index (χ3n) is 3.36. The summed E-state index contributed by atoms with van der Waals surface area (Å²) in [7, 11) is 2.99. The molecule has 0 saturated carbocycles. The summed E-state index contributed by atoms with van der Waals surface area (Å²) in [6, 6.07) is 10.8. The van der Waals surface area contributed by atoms with E-state index in [2.05, 4.69) is 5.32 Å². The SMILES string of the molecule is COC(=O)c1ccc2c(c1)NCc1cc(OC)ccc1O2. The quantitative estimate of drug-likeness (QED) is 0.859. The Bertz CT molecular complexity index is 697. The minimum absolute atomic E-state index is 0.372. The van der Waals surface area contributed by atoms with E-state index < -0.39 is 0 Å². The Kier molecular flexibility index (Phi) is 3.39. The molecule has 5 heteroatoms. The number of nitrogens with one attached hydrogen (secondary N) is 1. The van der Waals surface area contributed by atoms with Gasteiger partial charge in [0.1, 0.15) is 11.5 Å². The lowest BCUT2D eigenvalue weighted by Gasteiger charge is -2.09. The molecule has 0 aromatic heterocycles. The fourth-order valence-electron chi connectivity index (χ4n) is 2.23. The molecule has 0 radical (unpaired) electrons. The molecule has 1 heterocycles. The Morgan fingerprint density at radius 3 is 2.71 bits per heavy atom. The molecular formula is C16H15NO4. The van der Waals surface area contributed by atoms with Gasteiger partial charge in [0.05, 0.1) is 25.5 Å². The van der Waals surface area contributed by atoms with Crippen LogP contribution in [0.4, 0.5) is 5.69 Å². The van der Waals surface area contributed by atoms with E-state index in [-0.39, 0.29) is 5.97 Å². The number of hydrogen-bond acceptors (Lipinski definition) is 5. The number of hydrogen-bond donors (Lipinski definition) is 1. The monoisotopic (exact) mass is 285 g/mol. The van der Waals surface area contributed by atoms with Crippen molar-refractivity contribution in [2.24, 2.45) is 0 Å². The number of rotatable bonds is 2. The highest BCUT2D eigenvalue weighted by atomic mass is 16.5. The van der Waals surface area contributed by atoms with E-state index >= 15 is 0 Å². The molecule has 108 valence electrons. The van der Waals surface area contributed by atoms with Gasteiger partial charge in [-0.3, -0.25) is 0 Å². The number of fused-ring (bicyclic) bond motifs is 2. The maximum atomic E-state index is 11.6. The molecule has 0 spiro atoms. The van der Waals surface area contributed by atoms with Crippen molar-refractivity contribution in [3.8, 4) is 17.2 Å². The Hall–Kier alpha value is -2.69. The molecule has 2 aromatic carbocycles. The molecule has 1 aliphatic rings. The van der Waals surface area contributed by atoms with Crippen molar-refractivity contribution in [2.75, 3.05) is 19.5 Å². The zero-order valence-corrected chi connectivity index (χ0v) is 11.8. The topological polar surface area (TPSA) is 56.8 Å². The fourth-order valence-corrected chi connectivity index (χ4v) is 2.23. The largest absolute Gasteiger partial charge is 0.497 e. The van der Waals surface area contributed by atoms with Gasteiger partial charge < -0.3 is 19.5 Å². The van der Waals surface area contributed by atoms with E-state index in [4.69, 9.17) is 14.2 Å². The molecule has 0 saturated heterocycles. The van der Waals surface area contributed by atoms with Gasteiger partial charge in [0.2, 0.25) is 0 Å². The summed E-state index contributed by atoms with van der Waals surface area (Å²) in [5.41, 5.74) is 2.23. The molecule has 2 aromatic rings. The van der Waals surface area contributed by atoms with Crippen LogP contribution in [-0.2, 0) is 11.3 Å². The Morgan fingerprint density at radius 1 is 1.14 bits per heavy atom. The standard InChI is InChI=1S/C16H15NO4/c1-19-12-4-6-14-11(7-12)9-17-13-8-10(16(18)20-2)3-5-15(13)21-14/h3-8,17H,9H2,1-2H3. The first-order valence-electron chi connectivity index (χ1n) is 6.52. The van der Waals surface area contributed by atoms with E-state index in [0.717, 1.165) is 22.7 Å². The zero-order valence-electron chi connectivity index (χ0n) is 11.8. The van der Waals surface area contributed by atoms with E-state index in [9.17, 15) is 4.79 Å². The van der Waals surface area contributed by atoms with Gasteiger partial charge in [-0.05, 0) is 36.4 Å². The van der Waals surface area contributed by atoms with Crippen molar-refractivity contribution >= 4 is 11.7 Å². The number of benzene rings is 2. The van der Waals surface area contributed by atoms with Crippen LogP contribution in [-0.4, -0.2) is 20.2 Å². The summed E-state index contributed by atoms with van der Waals surface area (Å²) in [5, 5.41) is 3.26. The normalized spacial score (nSPS) is 12.1. The smallest absolute Gasteiger partial charge is 0.337 e. The van der Waals surface area contributed by atoms with E-state index in [1.54, 1.807) is 25.3 Å². The molecule has 0 fully saturated rings. The van der Waals surface area contributed by atoms with Crippen LogP contribution >= 0.6 is 0 Å². The minimum Gasteiger partial charge on any atom is -0.497 e. The Balaban J connectivity index is 1.96. The van der Waals surface area contributed by atoms with Gasteiger partial charge in [0.25, 0.3) is 0 Å². The van der Waals surface area contributed by atoms with Gasteiger partial charge in [0, 0.05) is 12.1 Å². The molecule has 1 N–H and O–H groups in total. The van der Waals surface area contributed by atoms with Crippen molar-refractivity contribution in [2.45, 2.75) is 6.54 Å². The Morgan fingerprint density at radius 2 is 1.95 bits per heavy atom. The minimum atomic E-state index is -0.372. The molecule has 5 nitrogen and oxygen atoms in total. The van der Waals surface area contributed by atoms with Crippen molar-refractivity contribution in [1.82, 2.24) is 0 Å². The second-order valence-corrected chi connectivity index (χ2v) is 4.63. The number of ether oxygens (including phenoxy) is 3. The predicted molar refractivity (Wildman–Crippen MR) is 78.2 cm³/mol. The van der Waals surface area contributed by atoms with Gasteiger partial charge >= 0.3 is 5.97 Å². The predicted octanol–water partition coefficient (Wildman–Crippen LogP) is 3.20. The maximum absolute atomic E-state index is 11.6. The lowest BCUT2D eigenvalue weighted by atomic mass is 10.2. The molecular weight excluding hydrogens is 270 g/mol. The van der Waals surface area contributed by atoms with Crippen LogP contribution < -0.4 is 14.8 Å². The number of methoxy groups -OCH3 is 2. The summed E-state index contributed by atoms with van der Waals surface area (Å²) in [6.45, 7) is 0.587. The number of anilines is 1. The third-order valence-corrected chi connectivity index (χ3v) is 3.36. The molecule has 0 aliphatic carbocycles. The highest BCUT2D eigenvalue weighted by molar-refractivity contribution is 5.91. The van der Waals surface area contributed by atoms with Gasteiger partial charge in [0.15, 0.2) is 5.75 Å². The average molecular weight is 285 g/mol. The molecule has 0 atom stereocenters. The van der Waals surface area contributed by atoms with Crippen molar-refractivity contribution in [3.05, 3.63) is 47.5 Å². The number of carbonyl (C=O) groups is 1. The van der Waals surface area contributed by atoms with Crippen molar-refractivity contribution < 1.29 is 19.0 Å². The van der Waals surface area contributed by atoms with Crippen molar-refractivity contribution in [1.29, 1.82) is 0 Å². The first-order valence-corrected chi connectivity index (χ1v) is 6.52. The van der Waals surface area contributed by atoms with Crippen LogP contribution in [0.25, 0.3) is 0 Å². The van der Waals surface area contributed by atoms with Crippen molar-refractivity contribution in [3.63, 3.8) is 0 Å². The van der Waals surface area contributed by atoms with Gasteiger partial charge in [-0.15, -0.1) is 0 Å². The lowest BCUT2D eigenvalue weighted by Crippen LogP contribution is -2.03. The molecule has 0 bridgehead atoms. The maximum Gasteiger partial charge on any atom is 0.337 e. The van der Waals surface area contributed by atoms with E-state index in [1.165, 1.54) is 7.11 Å². The second kappa shape index (κ2) is 5.36. The molecule has 1 aliphatic heterocycles. The zero-order chi connectivity index (χ0) is 14.8. The lowest BCUT2D eigenvalue weighted by molar-refractivity contribution is 0.0601. The summed E-state index contributed by atoms with van der Waals surface area (Å²) in [6.07, 6.45) is 0. The summed E-state index contributed by atoms with van der Waals surface area (Å²) < 4.78 is 15.8. The van der Waals surface area contributed by atoms with Gasteiger partial charge in [-0.2, -0.15) is 0 Å². The average Bonchev–Trinajstić information content (AvgIpc) is 2.71. The van der Waals surface area contributed by atoms with Crippen LogP contribution in [0.15, 0.2) is 36.4 Å². The summed E-state index contributed by atoms with van der Waals surface area (Å²) in [4.78, 5) is 11.6. The molecule has 0 unspecified atom stereocenters. The fraction of sp³-hybridized carbons (Fsp3) is 0.188. The van der Waals surface area contributed by atoms with Crippen LogP contribution in [0.5, 0.6) is 17.2 Å². The van der Waals surface area contributed by atoms with Crippen LogP contribution in [0.1, 0.15) is 15.9 Å². The first kappa shape index (κ1) is 13.3. The molecule has 3 rings (SSSR count). The van der Waals surface area contributed by atoms with Crippen LogP contribution in [0.3, 0.4) is 0 Å². The summed E-state index contributed by atoms with van der Waals surface area (Å²) in [5.74, 6) is 1.85. The van der Waals surface area contributed by atoms with Gasteiger partial charge in [-0.25, -0.2) is 4.79 Å².